The molecule has 2 rings (SSSR count). The Kier molecular flexibility index (Phi) is 5.46. The number of nitrogens with one attached hydrogen (secondary N) is 2. The van der Waals surface area contributed by atoms with Gasteiger partial charge in [0.2, 0.25) is 5.91 Å². The normalized spacial score (nSPS) is 11.9. The highest BCUT2D eigenvalue weighted by Crippen LogP contribution is 2.19. The molecule has 0 bridgehead atoms. The standard InChI is InChI=1S/C15H12ClF3N2O2/c16-9-3-1-8(2-4-9)13(22)7-14(23)21-20-10-5-11(17)15(19)12(18)6-10/h1-6,13,20,22H,7H2,(H,21,23). The summed E-state index contributed by atoms with van der Waals surface area (Å²) in [5.41, 5.74) is 4.71. The van der Waals surface area contributed by atoms with E-state index in [0.29, 0.717) is 22.7 Å². The highest BCUT2D eigenvalue weighted by Gasteiger charge is 2.14. The van der Waals surface area contributed by atoms with Gasteiger partial charge >= 0.3 is 0 Å². The van der Waals surface area contributed by atoms with E-state index in [4.69, 9.17) is 11.6 Å². The fourth-order valence-corrected chi connectivity index (χ4v) is 1.92. The minimum absolute atomic E-state index is 0.171. The van der Waals surface area contributed by atoms with Crippen molar-refractivity contribution in [2.45, 2.75) is 12.5 Å². The second-order valence-corrected chi connectivity index (χ2v) is 5.13. The number of carbonyl (C=O) groups excluding carboxylic acids is 1. The van der Waals surface area contributed by atoms with Gasteiger partial charge in [-0.15, -0.1) is 0 Å². The predicted octanol–water partition coefficient (Wildman–Crippen LogP) is 3.32. The number of hydrogen-bond acceptors (Lipinski definition) is 3. The van der Waals surface area contributed by atoms with Gasteiger partial charge in [0.25, 0.3) is 0 Å². The number of amides is 1. The molecule has 3 N–H and O–H groups in total. The molecule has 23 heavy (non-hydrogen) atoms. The maximum Gasteiger partial charge on any atom is 0.241 e. The van der Waals surface area contributed by atoms with Crippen molar-refractivity contribution >= 4 is 23.2 Å². The molecule has 0 aromatic heterocycles. The molecule has 1 amide bonds. The molecular formula is C15H12ClF3N2O2. The molecule has 0 radical (unpaired) electrons. The first-order chi connectivity index (χ1) is 10.9. The van der Waals surface area contributed by atoms with E-state index in [1.165, 1.54) is 0 Å². The van der Waals surface area contributed by atoms with Crippen LogP contribution in [0.1, 0.15) is 18.1 Å². The molecule has 122 valence electrons. The monoisotopic (exact) mass is 344 g/mol. The maximum absolute atomic E-state index is 13.0. The highest BCUT2D eigenvalue weighted by atomic mass is 35.5. The van der Waals surface area contributed by atoms with E-state index in [1.807, 2.05) is 0 Å². The van der Waals surface area contributed by atoms with E-state index in [9.17, 15) is 23.1 Å². The van der Waals surface area contributed by atoms with E-state index < -0.39 is 29.5 Å². The van der Waals surface area contributed by atoms with Crippen LogP contribution in [0.4, 0.5) is 18.9 Å². The Morgan fingerprint density at radius 1 is 1.13 bits per heavy atom. The fourth-order valence-electron chi connectivity index (χ4n) is 1.80. The highest BCUT2D eigenvalue weighted by molar-refractivity contribution is 6.30. The molecule has 1 atom stereocenters. The van der Waals surface area contributed by atoms with E-state index >= 15 is 0 Å². The van der Waals surface area contributed by atoms with Crippen LogP contribution < -0.4 is 10.9 Å². The number of carbonyl (C=O) groups is 1. The van der Waals surface area contributed by atoms with Gasteiger partial charge in [0, 0.05) is 17.2 Å². The van der Waals surface area contributed by atoms with Crippen molar-refractivity contribution in [1.29, 1.82) is 0 Å². The molecule has 0 fully saturated rings. The number of aliphatic hydroxyl groups is 1. The molecule has 0 heterocycles. The first kappa shape index (κ1) is 17.1. The number of anilines is 1. The van der Waals surface area contributed by atoms with Gasteiger partial charge in [-0.1, -0.05) is 23.7 Å². The van der Waals surface area contributed by atoms with Gasteiger partial charge in [0.1, 0.15) is 0 Å². The quantitative estimate of drug-likeness (QED) is 0.576. The van der Waals surface area contributed by atoms with Gasteiger partial charge in [-0.3, -0.25) is 15.6 Å². The molecule has 0 spiro atoms. The molecule has 0 aliphatic carbocycles. The van der Waals surface area contributed by atoms with Crippen molar-refractivity contribution in [3.8, 4) is 0 Å². The first-order valence-corrected chi connectivity index (χ1v) is 6.87. The molecule has 0 aliphatic heterocycles. The minimum atomic E-state index is -1.60. The molecule has 4 nitrogen and oxygen atoms in total. The van der Waals surface area contributed by atoms with E-state index in [1.54, 1.807) is 24.3 Å². The summed E-state index contributed by atoms with van der Waals surface area (Å²) in [5, 5.41) is 10.4. The summed E-state index contributed by atoms with van der Waals surface area (Å²) in [7, 11) is 0. The Morgan fingerprint density at radius 2 is 1.70 bits per heavy atom. The number of hydrogen-bond donors (Lipinski definition) is 3. The van der Waals surface area contributed by atoms with Crippen molar-refractivity contribution < 1.29 is 23.1 Å². The topological polar surface area (TPSA) is 61.4 Å². The van der Waals surface area contributed by atoms with Crippen LogP contribution >= 0.6 is 11.6 Å². The van der Waals surface area contributed by atoms with Crippen LogP contribution in [0.5, 0.6) is 0 Å². The molecule has 2 aromatic carbocycles. The minimum Gasteiger partial charge on any atom is -0.388 e. The average molecular weight is 345 g/mol. The third kappa shape index (κ3) is 4.61. The maximum atomic E-state index is 13.0. The lowest BCUT2D eigenvalue weighted by molar-refractivity contribution is -0.122. The third-order valence-corrected chi connectivity index (χ3v) is 3.22. The van der Waals surface area contributed by atoms with Crippen LogP contribution in [0.2, 0.25) is 5.02 Å². The number of hydrazine groups is 1. The largest absolute Gasteiger partial charge is 0.388 e. The zero-order valence-electron chi connectivity index (χ0n) is 11.6. The van der Waals surface area contributed by atoms with Gasteiger partial charge in [-0.2, -0.15) is 0 Å². The Bertz CT molecular complexity index is 687. The number of halogens is 4. The average Bonchev–Trinajstić information content (AvgIpc) is 2.51. The van der Waals surface area contributed by atoms with Crippen LogP contribution in [0.15, 0.2) is 36.4 Å². The van der Waals surface area contributed by atoms with E-state index in [-0.39, 0.29) is 12.1 Å². The summed E-state index contributed by atoms with van der Waals surface area (Å²) >= 11 is 5.72. The number of aliphatic hydroxyl groups excluding tert-OH is 1. The van der Waals surface area contributed by atoms with Crippen LogP contribution in [-0.4, -0.2) is 11.0 Å². The van der Waals surface area contributed by atoms with Crippen molar-refractivity contribution in [3.63, 3.8) is 0 Å². The van der Waals surface area contributed by atoms with Crippen molar-refractivity contribution in [2.75, 3.05) is 5.43 Å². The van der Waals surface area contributed by atoms with Crippen LogP contribution in [0.3, 0.4) is 0 Å². The lowest BCUT2D eigenvalue weighted by Gasteiger charge is -2.13. The Morgan fingerprint density at radius 3 is 2.26 bits per heavy atom. The summed E-state index contributed by atoms with van der Waals surface area (Å²) in [6.45, 7) is 0. The third-order valence-electron chi connectivity index (χ3n) is 2.96. The SMILES string of the molecule is O=C(CC(O)c1ccc(Cl)cc1)NNc1cc(F)c(F)c(F)c1. The summed E-state index contributed by atoms with van der Waals surface area (Å²) in [4.78, 5) is 11.7. The van der Waals surface area contributed by atoms with Crippen LogP contribution in [-0.2, 0) is 4.79 Å². The zero-order chi connectivity index (χ0) is 17.0. The van der Waals surface area contributed by atoms with Crippen molar-refractivity contribution in [2.24, 2.45) is 0 Å². The summed E-state index contributed by atoms with van der Waals surface area (Å²) in [6, 6.07) is 7.65. The fraction of sp³-hybridized carbons (Fsp3) is 0.133. The van der Waals surface area contributed by atoms with Gasteiger partial charge in [0.15, 0.2) is 17.5 Å². The van der Waals surface area contributed by atoms with Crippen LogP contribution in [0.25, 0.3) is 0 Å². The van der Waals surface area contributed by atoms with Gasteiger partial charge in [0.05, 0.1) is 18.2 Å². The lowest BCUT2D eigenvalue weighted by atomic mass is 10.1. The summed E-state index contributed by atoms with van der Waals surface area (Å²) in [5.74, 6) is -5.00. The number of benzene rings is 2. The smallest absolute Gasteiger partial charge is 0.241 e. The van der Waals surface area contributed by atoms with Gasteiger partial charge in [-0.05, 0) is 17.7 Å². The van der Waals surface area contributed by atoms with Crippen LogP contribution in [0, 0.1) is 17.5 Å². The Balaban J connectivity index is 1.91. The second kappa shape index (κ2) is 7.34. The van der Waals surface area contributed by atoms with Crippen molar-refractivity contribution in [1.82, 2.24) is 5.43 Å². The number of rotatable bonds is 5. The molecule has 0 saturated heterocycles. The van der Waals surface area contributed by atoms with Gasteiger partial charge < -0.3 is 5.11 Å². The molecule has 0 aliphatic rings. The molecular weight excluding hydrogens is 333 g/mol. The molecule has 2 aromatic rings. The molecule has 0 saturated carbocycles. The van der Waals surface area contributed by atoms with E-state index in [2.05, 4.69) is 10.9 Å². The summed E-state index contributed by atoms with van der Waals surface area (Å²) < 4.78 is 38.8. The Labute approximate surface area is 134 Å². The first-order valence-electron chi connectivity index (χ1n) is 6.49. The van der Waals surface area contributed by atoms with Crippen molar-refractivity contribution in [3.05, 3.63) is 64.4 Å². The van der Waals surface area contributed by atoms with Gasteiger partial charge in [-0.25, -0.2) is 13.2 Å². The zero-order valence-corrected chi connectivity index (χ0v) is 12.4. The lowest BCUT2D eigenvalue weighted by Crippen LogP contribution is -2.30. The Hall–Kier alpha value is -2.25. The summed E-state index contributed by atoms with van der Waals surface area (Å²) in [6.07, 6.45) is -1.36. The molecule has 8 heteroatoms. The second-order valence-electron chi connectivity index (χ2n) is 4.70. The predicted molar refractivity (Wildman–Crippen MR) is 79.1 cm³/mol. The van der Waals surface area contributed by atoms with E-state index in [0.717, 1.165) is 0 Å². The molecule has 1 unspecified atom stereocenters.